The zero-order valence-corrected chi connectivity index (χ0v) is 17.5. The van der Waals surface area contributed by atoms with Crippen molar-refractivity contribution in [3.8, 4) is 0 Å². The summed E-state index contributed by atoms with van der Waals surface area (Å²) in [5.41, 5.74) is 0.279. The first-order valence-corrected chi connectivity index (χ1v) is 10.3. The smallest absolute Gasteiger partial charge is 0.288 e. The number of aromatic nitrogens is 5. The third-order valence-electron chi connectivity index (χ3n) is 4.26. The number of benzene rings is 1. The van der Waals surface area contributed by atoms with Gasteiger partial charge in [0.05, 0.1) is 18.0 Å². The molecule has 13 heteroatoms. The van der Waals surface area contributed by atoms with Crippen LogP contribution >= 0.6 is 22.9 Å². The Bertz CT molecular complexity index is 1260. The first kappa shape index (κ1) is 22.0. The van der Waals surface area contributed by atoms with Gasteiger partial charge in [0.25, 0.3) is 5.91 Å². The average Bonchev–Trinajstić information content (AvgIpc) is 3.45. The maximum absolute atomic E-state index is 13.2. The standard InChI is InChI=1S/C19H13ClF4N6OS/c20-14-6-13(21)2-1-12(14)8-30-10-25-18(28-30)26-17(31)15-5-11(9-32-15)7-29-4-3-16(27-29)19(22,23)24/h1-6,9-10H,7-8H2,(H,26,28,31). The van der Waals surface area contributed by atoms with Gasteiger partial charge in [0.2, 0.25) is 5.95 Å². The number of carbonyl (C=O) groups excluding carboxylic acids is 1. The Kier molecular flexibility index (Phi) is 5.98. The summed E-state index contributed by atoms with van der Waals surface area (Å²) in [7, 11) is 0. The molecule has 0 unspecified atom stereocenters. The molecule has 0 aliphatic heterocycles. The quantitative estimate of drug-likeness (QED) is 0.403. The number of rotatable bonds is 6. The SMILES string of the molecule is O=C(Nc1ncn(Cc2ccc(F)cc2Cl)n1)c1cc(Cn2ccc(C(F)(F)F)n2)cs1. The van der Waals surface area contributed by atoms with Crippen LogP contribution in [0.15, 0.2) is 48.2 Å². The first-order chi connectivity index (χ1) is 15.2. The van der Waals surface area contributed by atoms with Gasteiger partial charge in [0, 0.05) is 11.2 Å². The molecule has 0 aliphatic rings. The zero-order chi connectivity index (χ0) is 22.9. The van der Waals surface area contributed by atoms with Gasteiger partial charge in [0.15, 0.2) is 5.69 Å². The zero-order valence-electron chi connectivity index (χ0n) is 16.0. The lowest BCUT2D eigenvalue weighted by atomic mass is 10.2. The van der Waals surface area contributed by atoms with Gasteiger partial charge in [-0.2, -0.15) is 18.3 Å². The maximum atomic E-state index is 13.2. The van der Waals surface area contributed by atoms with E-state index in [1.807, 2.05) is 0 Å². The number of hydrogen-bond donors (Lipinski definition) is 1. The van der Waals surface area contributed by atoms with Crippen LogP contribution in [0, 0.1) is 5.82 Å². The van der Waals surface area contributed by atoms with E-state index in [0.717, 1.165) is 22.1 Å². The average molecular weight is 485 g/mol. The number of hydrogen-bond acceptors (Lipinski definition) is 5. The van der Waals surface area contributed by atoms with Crippen LogP contribution in [-0.4, -0.2) is 30.5 Å². The predicted octanol–water partition coefficient (Wildman–Crippen LogP) is 4.70. The molecule has 0 bridgehead atoms. The molecule has 0 saturated heterocycles. The second kappa shape index (κ2) is 8.71. The van der Waals surface area contributed by atoms with Gasteiger partial charge in [0.1, 0.15) is 12.1 Å². The normalized spacial score (nSPS) is 11.7. The minimum absolute atomic E-state index is 0.0603. The van der Waals surface area contributed by atoms with Crippen molar-refractivity contribution in [1.29, 1.82) is 0 Å². The van der Waals surface area contributed by atoms with Crippen LogP contribution in [0.25, 0.3) is 0 Å². The Hall–Kier alpha value is -3.25. The number of nitrogens with zero attached hydrogens (tertiary/aromatic N) is 5. The number of thiophene rings is 1. The van der Waals surface area contributed by atoms with E-state index >= 15 is 0 Å². The summed E-state index contributed by atoms with van der Waals surface area (Å²) >= 11 is 7.13. The van der Waals surface area contributed by atoms with E-state index < -0.39 is 23.6 Å². The van der Waals surface area contributed by atoms with Crippen LogP contribution in [0.4, 0.5) is 23.5 Å². The van der Waals surface area contributed by atoms with Crippen LogP contribution < -0.4 is 5.32 Å². The van der Waals surface area contributed by atoms with Gasteiger partial charge in [-0.1, -0.05) is 17.7 Å². The van der Waals surface area contributed by atoms with Crippen molar-refractivity contribution < 1.29 is 22.4 Å². The van der Waals surface area contributed by atoms with E-state index in [2.05, 4.69) is 20.5 Å². The van der Waals surface area contributed by atoms with E-state index in [9.17, 15) is 22.4 Å². The van der Waals surface area contributed by atoms with Crippen molar-refractivity contribution in [3.05, 3.63) is 80.8 Å². The monoisotopic (exact) mass is 484 g/mol. The van der Waals surface area contributed by atoms with Crippen LogP contribution in [-0.2, 0) is 19.3 Å². The Labute approximate surface area is 187 Å². The maximum Gasteiger partial charge on any atom is 0.435 e. The molecule has 1 N–H and O–H groups in total. The fourth-order valence-electron chi connectivity index (χ4n) is 2.78. The summed E-state index contributed by atoms with van der Waals surface area (Å²) < 4.78 is 53.7. The molecule has 7 nitrogen and oxygen atoms in total. The molecule has 0 saturated carbocycles. The van der Waals surface area contributed by atoms with E-state index in [4.69, 9.17) is 11.6 Å². The molecule has 0 spiro atoms. The van der Waals surface area contributed by atoms with Crippen molar-refractivity contribution in [2.75, 3.05) is 5.32 Å². The van der Waals surface area contributed by atoms with Gasteiger partial charge < -0.3 is 0 Å². The summed E-state index contributed by atoms with van der Waals surface area (Å²) in [6.45, 7) is 0.320. The number of halogens is 5. The number of anilines is 1. The molecular formula is C19H13ClF4N6OS. The highest BCUT2D eigenvalue weighted by Crippen LogP contribution is 2.27. The van der Waals surface area contributed by atoms with Crippen molar-refractivity contribution in [1.82, 2.24) is 24.5 Å². The summed E-state index contributed by atoms with van der Waals surface area (Å²) in [6, 6.07) is 6.45. The van der Waals surface area contributed by atoms with Gasteiger partial charge in [-0.15, -0.1) is 16.4 Å². The van der Waals surface area contributed by atoms with E-state index in [1.54, 1.807) is 11.4 Å². The lowest BCUT2D eigenvalue weighted by molar-refractivity contribution is -0.141. The highest BCUT2D eigenvalue weighted by molar-refractivity contribution is 7.12. The van der Waals surface area contributed by atoms with E-state index in [0.29, 0.717) is 16.0 Å². The van der Waals surface area contributed by atoms with Gasteiger partial charge in [-0.05, 0) is 40.8 Å². The van der Waals surface area contributed by atoms with Crippen LogP contribution in [0.1, 0.15) is 26.5 Å². The molecule has 0 radical (unpaired) electrons. The molecule has 1 amide bonds. The Morgan fingerprint density at radius 2 is 1.94 bits per heavy atom. The highest BCUT2D eigenvalue weighted by Gasteiger charge is 2.33. The number of nitrogens with one attached hydrogen (secondary N) is 1. The fourth-order valence-corrected chi connectivity index (χ4v) is 3.81. The molecule has 0 fully saturated rings. The minimum Gasteiger partial charge on any atom is -0.288 e. The Morgan fingerprint density at radius 3 is 2.66 bits per heavy atom. The molecular weight excluding hydrogens is 472 g/mol. The summed E-state index contributed by atoms with van der Waals surface area (Å²) in [6.07, 6.45) is -1.89. The van der Waals surface area contributed by atoms with Crippen molar-refractivity contribution >= 4 is 34.8 Å². The van der Waals surface area contributed by atoms with E-state index in [-0.39, 0.29) is 24.1 Å². The number of alkyl halides is 3. The predicted molar refractivity (Wildman–Crippen MR) is 109 cm³/mol. The number of carbonyl (C=O) groups is 1. The topological polar surface area (TPSA) is 77.6 Å². The lowest BCUT2D eigenvalue weighted by Gasteiger charge is -2.04. The van der Waals surface area contributed by atoms with Gasteiger partial charge in [-0.25, -0.2) is 14.1 Å². The summed E-state index contributed by atoms with van der Waals surface area (Å²) in [5.74, 6) is -0.853. The first-order valence-electron chi connectivity index (χ1n) is 9.00. The molecule has 0 aliphatic carbocycles. The summed E-state index contributed by atoms with van der Waals surface area (Å²) in [5, 5.41) is 12.1. The van der Waals surface area contributed by atoms with Gasteiger partial charge >= 0.3 is 6.18 Å². The Balaban J connectivity index is 1.38. The largest absolute Gasteiger partial charge is 0.435 e. The molecule has 3 heterocycles. The molecule has 166 valence electrons. The van der Waals surface area contributed by atoms with Crippen LogP contribution in [0.5, 0.6) is 0 Å². The molecule has 3 aromatic heterocycles. The summed E-state index contributed by atoms with van der Waals surface area (Å²) in [4.78, 5) is 16.8. The molecule has 0 atom stereocenters. The molecule has 1 aromatic carbocycles. The third-order valence-corrected chi connectivity index (χ3v) is 5.59. The molecule has 4 aromatic rings. The molecule has 4 rings (SSSR count). The lowest BCUT2D eigenvalue weighted by Crippen LogP contribution is -2.12. The number of amides is 1. The van der Waals surface area contributed by atoms with Crippen LogP contribution in [0.2, 0.25) is 5.02 Å². The Morgan fingerprint density at radius 1 is 1.12 bits per heavy atom. The highest BCUT2D eigenvalue weighted by atomic mass is 35.5. The second-order valence-corrected chi connectivity index (χ2v) is 7.99. The third kappa shape index (κ3) is 5.14. The minimum atomic E-state index is -4.51. The second-order valence-electron chi connectivity index (χ2n) is 6.67. The van der Waals surface area contributed by atoms with Crippen molar-refractivity contribution in [3.63, 3.8) is 0 Å². The van der Waals surface area contributed by atoms with Crippen LogP contribution in [0.3, 0.4) is 0 Å². The van der Waals surface area contributed by atoms with Crippen molar-refractivity contribution in [2.24, 2.45) is 0 Å². The molecule has 32 heavy (non-hydrogen) atoms. The fraction of sp³-hybridized carbons (Fsp3) is 0.158. The van der Waals surface area contributed by atoms with Crippen molar-refractivity contribution in [2.45, 2.75) is 19.3 Å². The van der Waals surface area contributed by atoms with Gasteiger partial charge in [-0.3, -0.25) is 14.8 Å². The van der Waals surface area contributed by atoms with E-state index in [1.165, 1.54) is 35.4 Å².